The van der Waals surface area contributed by atoms with E-state index in [4.69, 9.17) is 10.5 Å². The molecule has 1 aromatic carbocycles. The van der Waals surface area contributed by atoms with Crippen molar-refractivity contribution in [3.63, 3.8) is 0 Å². The fourth-order valence-corrected chi connectivity index (χ4v) is 6.04. The Morgan fingerprint density at radius 2 is 1.86 bits per heavy atom. The Kier molecular flexibility index (Phi) is 6.43. The summed E-state index contributed by atoms with van der Waals surface area (Å²) in [5.41, 5.74) is 7.78. The molecule has 3 fully saturated rings. The Labute approximate surface area is 206 Å². The Hall–Kier alpha value is -2.72. The molecular formula is C26H36N6O3. The molecule has 1 unspecified atom stereocenters. The fourth-order valence-electron chi connectivity index (χ4n) is 6.04. The molecule has 1 spiro atoms. The van der Waals surface area contributed by atoms with E-state index >= 15 is 0 Å². The van der Waals surface area contributed by atoms with Gasteiger partial charge in [0.1, 0.15) is 5.82 Å². The number of benzene rings is 1. The van der Waals surface area contributed by atoms with Gasteiger partial charge in [-0.2, -0.15) is 0 Å². The Bertz CT molecular complexity index is 1050. The highest BCUT2D eigenvalue weighted by Gasteiger charge is 2.50. The van der Waals surface area contributed by atoms with Crippen LogP contribution in [0.25, 0.3) is 0 Å². The van der Waals surface area contributed by atoms with E-state index in [0.29, 0.717) is 36.8 Å². The minimum Gasteiger partial charge on any atom is -0.378 e. The summed E-state index contributed by atoms with van der Waals surface area (Å²) in [4.78, 5) is 23.3. The van der Waals surface area contributed by atoms with E-state index in [1.807, 2.05) is 4.90 Å². The van der Waals surface area contributed by atoms with Crippen LogP contribution in [0.15, 0.2) is 42.6 Å². The molecule has 3 aliphatic rings. The first-order chi connectivity index (χ1) is 16.8. The maximum atomic E-state index is 12.4. The molecule has 2 aromatic rings. The minimum absolute atomic E-state index is 0.0354. The van der Waals surface area contributed by atoms with Crippen molar-refractivity contribution in [3.05, 3.63) is 53.7 Å². The van der Waals surface area contributed by atoms with Crippen LogP contribution in [0.3, 0.4) is 0 Å². The van der Waals surface area contributed by atoms with E-state index in [1.54, 1.807) is 12.3 Å². The number of nitrogens with two attached hydrogens (primary N) is 1. The largest absolute Gasteiger partial charge is 0.378 e. The van der Waals surface area contributed by atoms with Crippen LogP contribution in [0, 0.1) is 0 Å². The summed E-state index contributed by atoms with van der Waals surface area (Å²) >= 11 is 0. The zero-order valence-electron chi connectivity index (χ0n) is 20.6. The first-order valence-electron chi connectivity index (χ1n) is 12.4. The highest BCUT2D eigenvalue weighted by Crippen LogP contribution is 2.47. The molecule has 0 bridgehead atoms. The molecule has 9 heteroatoms. The van der Waals surface area contributed by atoms with E-state index in [1.165, 1.54) is 5.56 Å². The smallest absolute Gasteiger partial charge is 0.251 e. The molecule has 4 N–H and O–H groups in total. The van der Waals surface area contributed by atoms with E-state index in [0.717, 1.165) is 38.8 Å². The second kappa shape index (κ2) is 9.39. The molecule has 1 atom stereocenters. The molecule has 1 amide bonds. The predicted octanol–water partition coefficient (Wildman–Crippen LogP) is 1.47. The number of primary amides is 1. The SMILES string of the molecule is CN(C)C1(c2ccccc2)CCC2(CC1)CN(c1cnc(N3CCOCC3)cc1C(N)=O)C(O)N2. The highest BCUT2D eigenvalue weighted by atomic mass is 16.5. The summed E-state index contributed by atoms with van der Waals surface area (Å²) in [5.74, 6) is 0.183. The standard InChI is InChI=1S/C26H36N6O3/c1-30(2)26(19-6-4-3-5-7-19)10-8-25(9-11-26)18-32(24(34)29-25)21-17-28-22(16-20(21)23(27)33)31-12-14-35-15-13-31/h3-7,16-17,24,29,34H,8-15,18H2,1-2H3,(H2,27,33). The van der Waals surface area contributed by atoms with Crippen molar-refractivity contribution in [2.45, 2.75) is 43.1 Å². The van der Waals surface area contributed by atoms with Gasteiger partial charge < -0.3 is 25.4 Å². The van der Waals surface area contributed by atoms with E-state index < -0.39 is 12.3 Å². The number of hydrogen-bond donors (Lipinski definition) is 3. The molecule has 2 saturated heterocycles. The van der Waals surface area contributed by atoms with Gasteiger partial charge in [0.15, 0.2) is 6.35 Å². The second-order valence-electron chi connectivity index (χ2n) is 10.2. The molecule has 1 saturated carbocycles. The number of aliphatic hydroxyl groups is 1. The van der Waals surface area contributed by atoms with E-state index in [-0.39, 0.29) is 11.1 Å². The third kappa shape index (κ3) is 4.38. The second-order valence-corrected chi connectivity index (χ2v) is 10.2. The average Bonchev–Trinajstić information content (AvgIpc) is 3.20. The number of morpholine rings is 1. The Balaban J connectivity index is 1.37. The van der Waals surface area contributed by atoms with Gasteiger partial charge >= 0.3 is 0 Å². The first kappa shape index (κ1) is 24.0. The number of rotatable bonds is 5. The highest BCUT2D eigenvalue weighted by molar-refractivity contribution is 5.99. The van der Waals surface area contributed by atoms with Crippen molar-refractivity contribution >= 4 is 17.4 Å². The summed E-state index contributed by atoms with van der Waals surface area (Å²) in [7, 11) is 4.30. The third-order valence-corrected chi connectivity index (χ3v) is 8.18. The molecule has 1 aliphatic carbocycles. The van der Waals surface area contributed by atoms with Gasteiger partial charge in [-0.15, -0.1) is 0 Å². The lowest BCUT2D eigenvalue weighted by molar-refractivity contribution is 0.0513. The lowest BCUT2D eigenvalue weighted by Crippen LogP contribution is -2.54. The van der Waals surface area contributed by atoms with Crippen LogP contribution in [0.4, 0.5) is 11.5 Å². The number of amides is 1. The van der Waals surface area contributed by atoms with Gasteiger partial charge in [0.2, 0.25) is 0 Å². The molecule has 3 heterocycles. The van der Waals surface area contributed by atoms with Crippen LogP contribution < -0.4 is 20.9 Å². The Morgan fingerprint density at radius 3 is 2.49 bits per heavy atom. The molecule has 0 radical (unpaired) electrons. The van der Waals surface area contributed by atoms with Gasteiger partial charge in [-0.25, -0.2) is 4.98 Å². The topological polar surface area (TPSA) is 107 Å². The maximum absolute atomic E-state index is 12.4. The normalized spacial score (nSPS) is 29.2. The van der Waals surface area contributed by atoms with Gasteiger partial charge in [-0.3, -0.25) is 15.0 Å². The van der Waals surface area contributed by atoms with Gasteiger partial charge in [0.25, 0.3) is 5.91 Å². The van der Waals surface area contributed by atoms with Crippen LogP contribution in [-0.2, 0) is 10.3 Å². The van der Waals surface area contributed by atoms with Gasteiger partial charge in [0, 0.05) is 30.7 Å². The first-order valence-corrected chi connectivity index (χ1v) is 12.4. The molecule has 2 aliphatic heterocycles. The number of nitrogens with one attached hydrogen (secondary N) is 1. The van der Waals surface area contributed by atoms with Crippen LogP contribution in [0.5, 0.6) is 0 Å². The molecule has 5 rings (SSSR count). The van der Waals surface area contributed by atoms with Gasteiger partial charge in [-0.05, 0) is 51.4 Å². The number of carbonyl (C=O) groups is 1. The van der Waals surface area contributed by atoms with Crippen LogP contribution in [0.2, 0.25) is 0 Å². The molecule has 9 nitrogen and oxygen atoms in total. The minimum atomic E-state index is -0.910. The molecule has 188 valence electrons. The van der Waals surface area contributed by atoms with Crippen LogP contribution in [-0.4, -0.2) is 79.7 Å². The summed E-state index contributed by atoms with van der Waals surface area (Å²) in [5, 5.41) is 14.5. The summed E-state index contributed by atoms with van der Waals surface area (Å²) in [6.07, 6.45) is 4.50. The number of pyridine rings is 1. The van der Waals surface area contributed by atoms with Crippen molar-refractivity contribution in [1.29, 1.82) is 0 Å². The fraction of sp³-hybridized carbons (Fsp3) is 0.538. The zero-order chi connectivity index (χ0) is 24.6. The number of ether oxygens (including phenoxy) is 1. The number of carbonyl (C=O) groups excluding carboxylic acids is 1. The lowest BCUT2D eigenvalue weighted by Gasteiger charge is -2.49. The van der Waals surface area contributed by atoms with Crippen molar-refractivity contribution in [2.75, 3.05) is 56.7 Å². The monoisotopic (exact) mass is 480 g/mol. The van der Waals surface area contributed by atoms with Crippen molar-refractivity contribution in [1.82, 2.24) is 15.2 Å². The van der Waals surface area contributed by atoms with Gasteiger partial charge in [-0.1, -0.05) is 30.3 Å². The number of anilines is 2. The molecular weight excluding hydrogens is 444 g/mol. The van der Waals surface area contributed by atoms with Crippen molar-refractivity contribution in [3.8, 4) is 0 Å². The van der Waals surface area contributed by atoms with E-state index in [9.17, 15) is 9.90 Å². The van der Waals surface area contributed by atoms with Gasteiger partial charge in [0.05, 0.1) is 30.7 Å². The van der Waals surface area contributed by atoms with Crippen LogP contribution >= 0.6 is 0 Å². The number of hydrogen-bond acceptors (Lipinski definition) is 8. The third-order valence-electron chi connectivity index (χ3n) is 8.18. The Morgan fingerprint density at radius 1 is 1.17 bits per heavy atom. The average molecular weight is 481 g/mol. The number of aromatic nitrogens is 1. The molecule has 1 aromatic heterocycles. The van der Waals surface area contributed by atoms with Crippen LogP contribution in [0.1, 0.15) is 41.6 Å². The predicted molar refractivity (Wildman–Crippen MR) is 135 cm³/mol. The quantitative estimate of drug-likeness (QED) is 0.591. The lowest BCUT2D eigenvalue weighted by atomic mass is 9.69. The molecule has 35 heavy (non-hydrogen) atoms. The summed E-state index contributed by atoms with van der Waals surface area (Å²) in [6.45, 7) is 3.28. The van der Waals surface area contributed by atoms with E-state index in [2.05, 4.69) is 64.5 Å². The number of aliphatic hydroxyl groups excluding tert-OH is 1. The zero-order valence-corrected chi connectivity index (χ0v) is 20.6. The maximum Gasteiger partial charge on any atom is 0.251 e. The summed E-state index contributed by atoms with van der Waals surface area (Å²) < 4.78 is 5.43. The number of nitrogens with zero attached hydrogens (tertiary/aromatic N) is 4. The summed E-state index contributed by atoms with van der Waals surface area (Å²) in [6, 6.07) is 12.4. The van der Waals surface area contributed by atoms with Crippen molar-refractivity contribution in [2.24, 2.45) is 5.73 Å². The van der Waals surface area contributed by atoms with Crippen molar-refractivity contribution < 1.29 is 14.6 Å².